The molecule has 0 unspecified atom stereocenters. The van der Waals surface area contributed by atoms with Gasteiger partial charge in [0.15, 0.2) is 0 Å². The zero-order chi connectivity index (χ0) is 7.56. The SMILES string of the molecule is O=C(O)c1cccc(Cl)c1.[KH]. The number of rotatable bonds is 1. The van der Waals surface area contributed by atoms with Crippen molar-refractivity contribution in [3.63, 3.8) is 0 Å². The summed E-state index contributed by atoms with van der Waals surface area (Å²) in [4.78, 5) is 10.3. The van der Waals surface area contributed by atoms with Gasteiger partial charge in [0.1, 0.15) is 0 Å². The van der Waals surface area contributed by atoms with Crippen LogP contribution in [0.2, 0.25) is 5.02 Å². The first-order valence-electron chi connectivity index (χ1n) is 2.69. The summed E-state index contributed by atoms with van der Waals surface area (Å²) in [6, 6.07) is 6.14. The van der Waals surface area contributed by atoms with Crippen LogP contribution in [0.15, 0.2) is 24.3 Å². The first kappa shape index (κ1) is 11.6. The van der Waals surface area contributed by atoms with Crippen LogP contribution < -0.4 is 0 Å². The van der Waals surface area contributed by atoms with Gasteiger partial charge >= 0.3 is 57.4 Å². The Balaban J connectivity index is 0.000001000. The average Bonchev–Trinajstić information content (AvgIpc) is 1.88. The summed E-state index contributed by atoms with van der Waals surface area (Å²) < 4.78 is 0. The van der Waals surface area contributed by atoms with E-state index < -0.39 is 5.97 Å². The van der Waals surface area contributed by atoms with Crippen LogP contribution in [0.1, 0.15) is 10.4 Å². The summed E-state index contributed by atoms with van der Waals surface area (Å²) in [7, 11) is 0. The van der Waals surface area contributed by atoms with Crippen molar-refractivity contribution in [2.24, 2.45) is 0 Å². The number of halogens is 1. The Hall–Kier alpha value is 0.616. The van der Waals surface area contributed by atoms with Crippen molar-refractivity contribution in [2.45, 2.75) is 0 Å². The third-order valence-electron chi connectivity index (χ3n) is 1.07. The summed E-state index contributed by atoms with van der Waals surface area (Å²) in [6.07, 6.45) is 0. The number of aromatic carboxylic acids is 1. The van der Waals surface area contributed by atoms with E-state index in [-0.39, 0.29) is 56.9 Å². The second-order valence-corrected chi connectivity index (χ2v) is 2.25. The molecule has 0 aromatic heterocycles. The molecule has 0 amide bonds. The first-order chi connectivity index (χ1) is 4.70. The number of carboxylic acid groups (broad SMARTS) is 1. The predicted octanol–water partition coefficient (Wildman–Crippen LogP) is 1.39. The Bertz CT molecular complexity index is 262. The first-order valence-corrected chi connectivity index (χ1v) is 3.07. The van der Waals surface area contributed by atoms with Gasteiger partial charge in [-0.2, -0.15) is 0 Å². The van der Waals surface area contributed by atoms with E-state index in [1.807, 2.05) is 0 Å². The molecule has 1 N–H and O–H groups in total. The second-order valence-electron chi connectivity index (χ2n) is 1.82. The molecule has 4 heteroatoms. The van der Waals surface area contributed by atoms with Crippen LogP contribution in [0.5, 0.6) is 0 Å². The van der Waals surface area contributed by atoms with Crippen LogP contribution in [0, 0.1) is 0 Å². The molecule has 54 valence electrons. The van der Waals surface area contributed by atoms with E-state index in [0.717, 1.165) is 0 Å². The number of carbonyl (C=O) groups is 1. The maximum atomic E-state index is 10.3. The van der Waals surface area contributed by atoms with Crippen molar-refractivity contribution in [2.75, 3.05) is 0 Å². The minimum absolute atomic E-state index is 0. The van der Waals surface area contributed by atoms with Gasteiger partial charge in [-0.05, 0) is 18.2 Å². The predicted molar refractivity (Wildman–Crippen MR) is 45.6 cm³/mol. The van der Waals surface area contributed by atoms with Crippen molar-refractivity contribution >= 4 is 69.0 Å². The van der Waals surface area contributed by atoms with Gasteiger partial charge in [0.05, 0.1) is 5.56 Å². The van der Waals surface area contributed by atoms with E-state index in [1.54, 1.807) is 12.1 Å². The molecule has 0 aliphatic rings. The van der Waals surface area contributed by atoms with E-state index >= 15 is 0 Å². The van der Waals surface area contributed by atoms with Crippen LogP contribution in [0.3, 0.4) is 0 Å². The molecular formula is C7H6ClKO2. The van der Waals surface area contributed by atoms with E-state index in [2.05, 4.69) is 0 Å². The van der Waals surface area contributed by atoms with E-state index in [4.69, 9.17) is 16.7 Å². The zero-order valence-corrected chi connectivity index (χ0v) is 5.80. The number of hydrogen-bond donors (Lipinski definition) is 1. The molecule has 0 saturated carbocycles. The number of carboxylic acids is 1. The zero-order valence-electron chi connectivity index (χ0n) is 5.04. The van der Waals surface area contributed by atoms with Gasteiger partial charge in [-0.25, -0.2) is 4.79 Å². The summed E-state index contributed by atoms with van der Waals surface area (Å²) in [5.41, 5.74) is 0.215. The molecule has 1 rings (SSSR count). The van der Waals surface area contributed by atoms with E-state index in [1.165, 1.54) is 12.1 Å². The molecule has 0 aliphatic heterocycles. The molecule has 0 heterocycles. The summed E-state index contributed by atoms with van der Waals surface area (Å²) in [5, 5.41) is 8.89. The van der Waals surface area contributed by atoms with Gasteiger partial charge in [-0.15, -0.1) is 0 Å². The Kier molecular flexibility index (Phi) is 5.59. The molecule has 1 aromatic carbocycles. The van der Waals surface area contributed by atoms with Gasteiger partial charge in [-0.1, -0.05) is 17.7 Å². The molecule has 11 heavy (non-hydrogen) atoms. The third-order valence-corrected chi connectivity index (χ3v) is 1.31. The molecule has 0 spiro atoms. The van der Waals surface area contributed by atoms with Crippen molar-refractivity contribution in [1.29, 1.82) is 0 Å². The van der Waals surface area contributed by atoms with Gasteiger partial charge < -0.3 is 5.11 Å². The van der Waals surface area contributed by atoms with Crippen LogP contribution in [0.4, 0.5) is 0 Å². The fourth-order valence-electron chi connectivity index (χ4n) is 0.622. The average molecular weight is 197 g/mol. The van der Waals surface area contributed by atoms with Gasteiger partial charge in [0.2, 0.25) is 0 Å². The molecule has 0 bridgehead atoms. The Morgan fingerprint density at radius 3 is 2.45 bits per heavy atom. The van der Waals surface area contributed by atoms with Crippen molar-refractivity contribution in [3.05, 3.63) is 34.9 Å². The molecule has 1 aromatic rings. The van der Waals surface area contributed by atoms with Crippen molar-refractivity contribution in [3.8, 4) is 0 Å². The van der Waals surface area contributed by atoms with Gasteiger partial charge in [0.25, 0.3) is 0 Å². The van der Waals surface area contributed by atoms with Crippen molar-refractivity contribution < 1.29 is 9.90 Å². The quantitative estimate of drug-likeness (QED) is 0.690. The topological polar surface area (TPSA) is 37.3 Å². The number of benzene rings is 1. The van der Waals surface area contributed by atoms with Gasteiger partial charge in [-0.3, -0.25) is 0 Å². The fraction of sp³-hybridized carbons (Fsp3) is 0. The normalized spacial score (nSPS) is 8.45. The van der Waals surface area contributed by atoms with Crippen LogP contribution >= 0.6 is 11.6 Å². The molecular weight excluding hydrogens is 191 g/mol. The summed E-state index contributed by atoms with van der Waals surface area (Å²) in [6.45, 7) is 0. The maximum absolute atomic E-state index is 10.3. The van der Waals surface area contributed by atoms with Gasteiger partial charge in [0, 0.05) is 5.02 Å². The summed E-state index contributed by atoms with van der Waals surface area (Å²) in [5.74, 6) is -0.956. The van der Waals surface area contributed by atoms with Crippen molar-refractivity contribution in [1.82, 2.24) is 0 Å². The molecule has 2 nitrogen and oxygen atoms in total. The fourth-order valence-corrected chi connectivity index (χ4v) is 0.812. The Labute approximate surface area is 112 Å². The van der Waals surface area contributed by atoms with Crippen LogP contribution in [0.25, 0.3) is 0 Å². The third kappa shape index (κ3) is 3.69. The van der Waals surface area contributed by atoms with E-state index in [9.17, 15) is 4.79 Å². The van der Waals surface area contributed by atoms with Crippen LogP contribution in [-0.2, 0) is 0 Å². The molecule has 0 saturated heterocycles. The molecule has 0 fully saturated rings. The summed E-state index contributed by atoms with van der Waals surface area (Å²) >= 11 is 5.53. The monoisotopic (exact) mass is 196 g/mol. The second kappa shape index (κ2) is 5.30. The van der Waals surface area contributed by atoms with Crippen LogP contribution in [-0.4, -0.2) is 62.5 Å². The standard InChI is InChI=1S/C7H5ClO2.K.H/c8-6-3-1-2-5(4-6)7(9)10;;/h1-4H,(H,9,10);;. The molecule has 0 aliphatic carbocycles. The van der Waals surface area contributed by atoms with E-state index in [0.29, 0.717) is 5.02 Å². The number of hydrogen-bond acceptors (Lipinski definition) is 1. The Morgan fingerprint density at radius 1 is 1.45 bits per heavy atom. The minimum atomic E-state index is -0.956. The molecule has 0 radical (unpaired) electrons. The Morgan fingerprint density at radius 2 is 2.09 bits per heavy atom. The molecule has 0 atom stereocenters.